The molecule has 1 aromatic heterocycles. The van der Waals surface area contributed by atoms with Gasteiger partial charge in [0.2, 0.25) is 0 Å². The van der Waals surface area contributed by atoms with Crippen LogP contribution in [0.3, 0.4) is 0 Å². The van der Waals surface area contributed by atoms with E-state index in [0.29, 0.717) is 5.56 Å². The van der Waals surface area contributed by atoms with Crippen molar-refractivity contribution in [3.8, 4) is 0 Å². The number of aryl methyl sites for hydroxylation is 1. The molecule has 66 valence electrons. The van der Waals surface area contributed by atoms with Gasteiger partial charge in [-0.15, -0.1) is 0 Å². The van der Waals surface area contributed by atoms with Crippen molar-refractivity contribution in [3.05, 3.63) is 26.0 Å². The number of halogens is 4. The van der Waals surface area contributed by atoms with E-state index in [1.165, 1.54) is 6.07 Å². The van der Waals surface area contributed by atoms with Gasteiger partial charge in [-0.2, -0.15) is 0 Å². The van der Waals surface area contributed by atoms with Crippen LogP contribution in [0.4, 0.5) is 8.78 Å². The Morgan fingerprint density at radius 1 is 1.58 bits per heavy atom. The van der Waals surface area contributed by atoms with Crippen molar-refractivity contribution >= 4 is 34.2 Å². The lowest BCUT2D eigenvalue weighted by atomic mass is 10.2. The second-order valence-electron chi connectivity index (χ2n) is 2.28. The lowest BCUT2D eigenvalue weighted by Crippen LogP contribution is -1.95. The summed E-state index contributed by atoms with van der Waals surface area (Å²) in [5.41, 5.74) is 0.518. The van der Waals surface area contributed by atoms with Crippen molar-refractivity contribution in [2.45, 2.75) is 13.3 Å². The summed E-state index contributed by atoms with van der Waals surface area (Å²) in [4.78, 5) is 3.77. The molecular weight excluding hydrogens is 298 g/mol. The van der Waals surface area contributed by atoms with E-state index in [1.807, 2.05) is 0 Å². The van der Waals surface area contributed by atoms with Crippen molar-refractivity contribution < 1.29 is 8.78 Å². The zero-order valence-corrected chi connectivity index (χ0v) is 9.03. The van der Waals surface area contributed by atoms with E-state index in [4.69, 9.17) is 11.6 Å². The Hall–Kier alpha value is 0.0300. The summed E-state index contributed by atoms with van der Waals surface area (Å²) in [7, 11) is 0. The average Bonchev–Trinajstić information content (AvgIpc) is 1.96. The van der Waals surface area contributed by atoms with Crippen LogP contribution in [-0.2, 0) is 0 Å². The molecule has 1 rings (SSSR count). The highest BCUT2D eigenvalue weighted by molar-refractivity contribution is 14.1. The van der Waals surface area contributed by atoms with Crippen LogP contribution in [0.1, 0.15) is 17.6 Å². The SMILES string of the molecule is Cc1cc(C(F)F)c(I)nc1Cl. The van der Waals surface area contributed by atoms with Crippen LogP contribution in [0, 0.1) is 10.6 Å². The first-order chi connectivity index (χ1) is 5.52. The fourth-order valence-corrected chi connectivity index (χ4v) is 1.66. The summed E-state index contributed by atoms with van der Waals surface area (Å²) in [5.74, 6) is 0. The first-order valence-corrected chi connectivity index (χ1v) is 4.58. The maximum Gasteiger partial charge on any atom is 0.266 e. The number of hydrogen-bond donors (Lipinski definition) is 0. The van der Waals surface area contributed by atoms with Crippen LogP contribution in [0.15, 0.2) is 6.07 Å². The molecule has 0 radical (unpaired) electrons. The molecule has 1 nitrogen and oxygen atoms in total. The molecule has 0 spiro atoms. The van der Waals surface area contributed by atoms with Gasteiger partial charge in [0, 0.05) is 0 Å². The number of alkyl halides is 2. The van der Waals surface area contributed by atoms with Gasteiger partial charge in [0.1, 0.15) is 8.85 Å². The largest absolute Gasteiger partial charge is 0.266 e. The van der Waals surface area contributed by atoms with E-state index in [-0.39, 0.29) is 14.4 Å². The highest BCUT2D eigenvalue weighted by Gasteiger charge is 2.14. The Labute approximate surface area is 87.3 Å². The predicted molar refractivity (Wildman–Crippen MR) is 51.7 cm³/mol. The Kier molecular flexibility index (Phi) is 3.22. The third-order valence-corrected chi connectivity index (χ3v) is 2.61. The minimum atomic E-state index is -2.49. The molecule has 0 atom stereocenters. The van der Waals surface area contributed by atoms with Gasteiger partial charge in [0.25, 0.3) is 6.43 Å². The van der Waals surface area contributed by atoms with E-state index in [2.05, 4.69) is 4.98 Å². The summed E-state index contributed by atoms with van der Waals surface area (Å²) in [6.07, 6.45) is -2.49. The molecule has 0 unspecified atom stereocenters. The molecular formula is C7H5ClF2IN. The van der Waals surface area contributed by atoms with Gasteiger partial charge < -0.3 is 0 Å². The molecule has 0 aromatic carbocycles. The molecule has 12 heavy (non-hydrogen) atoms. The van der Waals surface area contributed by atoms with Crippen molar-refractivity contribution in [3.63, 3.8) is 0 Å². The quantitative estimate of drug-likeness (QED) is 0.571. The minimum absolute atomic E-state index is 0.0579. The van der Waals surface area contributed by atoms with Crippen LogP contribution in [-0.4, -0.2) is 4.98 Å². The lowest BCUT2D eigenvalue weighted by Gasteiger charge is -2.04. The van der Waals surface area contributed by atoms with E-state index in [0.717, 1.165) is 0 Å². The van der Waals surface area contributed by atoms with Gasteiger partial charge >= 0.3 is 0 Å². The van der Waals surface area contributed by atoms with Crippen molar-refractivity contribution in [1.29, 1.82) is 0 Å². The fraction of sp³-hybridized carbons (Fsp3) is 0.286. The molecule has 0 aliphatic rings. The Morgan fingerprint density at radius 2 is 2.17 bits per heavy atom. The van der Waals surface area contributed by atoms with Crippen molar-refractivity contribution in [2.75, 3.05) is 0 Å². The predicted octanol–water partition coefficient (Wildman–Crippen LogP) is 3.59. The van der Waals surface area contributed by atoms with E-state index in [9.17, 15) is 8.78 Å². The smallest absolute Gasteiger partial charge is 0.229 e. The standard InChI is InChI=1S/C7H5ClF2IN/c1-3-2-4(6(9)10)7(11)12-5(3)8/h2,6H,1H3. The minimum Gasteiger partial charge on any atom is -0.229 e. The lowest BCUT2D eigenvalue weighted by molar-refractivity contribution is 0.150. The number of aromatic nitrogens is 1. The third-order valence-electron chi connectivity index (χ3n) is 1.37. The number of pyridine rings is 1. The monoisotopic (exact) mass is 303 g/mol. The summed E-state index contributed by atoms with van der Waals surface area (Å²) >= 11 is 7.37. The van der Waals surface area contributed by atoms with E-state index < -0.39 is 6.43 Å². The first-order valence-electron chi connectivity index (χ1n) is 3.13. The fourth-order valence-electron chi connectivity index (χ4n) is 0.744. The molecule has 0 saturated carbocycles. The van der Waals surface area contributed by atoms with Gasteiger partial charge in [-0.05, 0) is 41.1 Å². The van der Waals surface area contributed by atoms with Crippen LogP contribution < -0.4 is 0 Å². The van der Waals surface area contributed by atoms with Crippen LogP contribution in [0.2, 0.25) is 5.15 Å². The maximum atomic E-state index is 12.3. The second-order valence-corrected chi connectivity index (χ2v) is 3.66. The zero-order chi connectivity index (χ0) is 9.30. The highest BCUT2D eigenvalue weighted by Crippen LogP contribution is 2.26. The second kappa shape index (κ2) is 3.83. The zero-order valence-electron chi connectivity index (χ0n) is 6.11. The number of rotatable bonds is 1. The molecule has 0 aliphatic carbocycles. The Bertz CT molecular complexity index is 304. The first kappa shape index (κ1) is 10.1. The molecule has 0 N–H and O–H groups in total. The van der Waals surface area contributed by atoms with Gasteiger partial charge in [0.05, 0.1) is 5.56 Å². The maximum absolute atomic E-state index is 12.3. The van der Waals surface area contributed by atoms with Crippen LogP contribution >= 0.6 is 34.2 Å². The highest BCUT2D eigenvalue weighted by atomic mass is 127. The Balaban J connectivity index is 3.23. The molecule has 0 bridgehead atoms. The van der Waals surface area contributed by atoms with Crippen LogP contribution in [0.5, 0.6) is 0 Å². The molecule has 1 aromatic rings. The van der Waals surface area contributed by atoms with Gasteiger partial charge in [-0.3, -0.25) is 0 Å². The van der Waals surface area contributed by atoms with E-state index in [1.54, 1.807) is 29.5 Å². The normalized spacial score (nSPS) is 10.8. The molecule has 5 heteroatoms. The van der Waals surface area contributed by atoms with E-state index >= 15 is 0 Å². The summed E-state index contributed by atoms with van der Waals surface area (Å²) < 4.78 is 24.8. The average molecular weight is 303 g/mol. The van der Waals surface area contributed by atoms with Crippen molar-refractivity contribution in [1.82, 2.24) is 4.98 Å². The van der Waals surface area contributed by atoms with Crippen molar-refractivity contribution in [2.24, 2.45) is 0 Å². The number of hydrogen-bond acceptors (Lipinski definition) is 1. The number of nitrogens with zero attached hydrogens (tertiary/aromatic N) is 1. The molecule has 0 amide bonds. The molecule has 0 saturated heterocycles. The van der Waals surface area contributed by atoms with Gasteiger partial charge in [-0.1, -0.05) is 11.6 Å². The summed E-state index contributed by atoms with van der Waals surface area (Å²) in [6, 6.07) is 1.36. The Morgan fingerprint density at radius 3 is 2.67 bits per heavy atom. The topological polar surface area (TPSA) is 12.9 Å². The summed E-state index contributed by atoms with van der Waals surface area (Å²) in [6.45, 7) is 1.65. The van der Waals surface area contributed by atoms with Gasteiger partial charge in [0.15, 0.2) is 0 Å². The van der Waals surface area contributed by atoms with Crippen LogP contribution in [0.25, 0.3) is 0 Å². The molecule has 1 heterocycles. The third kappa shape index (κ3) is 2.04. The summed E-state index contributed by atoms with van der Waals surface area (Å²) in [5, 5.41) is 0.281. The molecule has 0 fully saturated rings. The van der Waals surface area contributed by atoms with Gasteiger partial charge in [-0.25, -0.2) is 13.8 Å². The molecule has 0 aliphatic heterocycles.